The van der Waals surface area contributed by atoms with Crippen molar-refractivity contribution in [3.8, 4) is 0 Å². The fourth-order valence-corrected chi connectivity index (χ4v) is 4.25. The Bertz CT molecular complexity index is 636. The predicted octanol–water partition coefficient (Wildman–Crippen LogP) is 2.92. The number of nitrogens with one attached hydrogen (secondary N) is 1. The molecule has 0 saturated heterocycles. The zero-order valence-corrected chi connectivity index (χ0v) is 13.0. The van der Waals surface area contributed by atoms with E-state index in [2.05, 4.69) is 22.2 Å². The van der Waals surface area contributed by atoms with Gasteiger partial charge in [-0.15, -0.1) is 11.3 Å². The minimum atomic E-state index is -0.380. The van der Waals surface area contributed by atoms with E-state index in [-0.39, 0.29) is 6.10 Å². The first-order valence-corrected chi connectivity index (χ1v) is 8.07. The molecule has 4 nitrogen and oxygen atoms in total. The topological polar surface area (TPSA) is 58.0 Å². The third-order valence-corrected chi connectivity index (χ3v) is 4.98. The van der Waals surface area contributed by atoms with Crippen LogP contribution in [-0.4, -0.2) is 27.7 Å². The van der Waals surface area contributed by atoms with Gasteiger partial charge in [0.2, 0.25) is 0 Å². The SMILES string of the molecule is Cc1nc(NCC(C)O)c2c3c(sc2n1)CC(C)CC3. The highest BCUT2D eigenvalue weighted by Crippen LogP contribution is 2.39. The van der Waals surface area contributed by atoms with E-state index >= 15 is 0 Å². The fourth-order valence-electron chi connectivity index (χ4n) is 2.82. The molecule has 2 N–H and O–H groups in total. The molecule has 2 heterocycles. The molecule has 2 aromatic heterocycles. The number of anilines is 1. The van der Waals surface area contributed by atoms with E-state index in [0.29, 0.717) is 6.54 Å². The zero-order chi connectivity index (χ0) is 14.3. The maximum absolute atomic E-state index is 9.48. The van der Waals surface area contributed by atoms with Crippen molar-refractivity contribution in [1.82, 2.24) is 9.97 Å². The smallest absolute Gasteiger partial charge is 0.138 e. The molecule has 0 amide bonds. The first-order chi connectivity index (χ1) is 9.54. The van der Waals surface area contributed by atoms with E-state index in [0.717, 1.165) is 35.2 Å². The van der Waals surface area contributed by atoms with Crippen molar-refractivity contribution in [2.75, 3.05) is 11.9 Å². The van der Waals surface area contributed by atoms with Gasteiger partial charge in [-0.2, -0.15) is 0 Å². The van der Waals surface area contributed by atoms with Crippen molar-refractivity contribution < 1.29 is 5.11 Å². The highest BCUT2D eigenvalue weighted by molar-refractivity contribution is 7.19. The van der Waals surface area contributed by atoms with Crippen LogP contribution in [0.2, 0.25) is 0 Å². The standard InChI is InChI=1S/C15H21N3OS/c1-8-4-5-11-12(6-8)20-15-13(11)14(16-7-9(2)19)17-10(3)18-15/h8-9,19H,4-7H2,1-3H3,(H,16,17,18). The lowest BCUT2D eigenvalue weighted by molar-refractivity contribution is 0.208. The molecule has 2 aromatic rings. The van der Waals surface area contributed by atoms with Crippen LogP contribution in [0.5, 0.6) is 0 Å². The summed E-state index contributed by atoms with van der Waals surface area (Å²) in [6, 6.07) is 0. The van der Waals surface area contributed by atoms with Crippen molar-refractivity contribution in [2.45, 2.75) is 46.1 Å². The summed E-state index contributed by atoms with van der Waals surface area (Å²) in [5.41, 5.74) is 1.43. The summed E-state index contributed by atoms with van der Waals surface area (Å²) in [5, 5.41) is 13.9. The molecule has 0 saturated carbocycles. The Balaban J connectivity index is 2.09. The van der Waals surface area contributed by atoms with Crippen LogP contribution in [0.4, 0.5) is 5.82 Å². The van der Waals surface area contributed by atoms with Gasteiger partial charge in [0.15, 0.2) is 0 Å². The molecule has 0 spiro atoms. The van der Waals surface area contributed by atoms with Gasteiger partial charge in [0, 0.05) is 11.4 Å². The summed E-state index contributed by atoms with van der Waals surface area (Å²) in [7, 11) is 0. The lowest BCUT2D eigenvalue weighted by Gasteiger charge is -2.18. The highest BCUT2D eigenvalue weighted by atomic mass is 32.1. The second-order valence-corrected chi connectivity index (χ2v) is 6.96. The summed E-state index contributed by atoms with van der Waals surface area (Å²) in [6.45, 7) is 6.54. The summed E-state index contributed by atoms with van der Waals surface area (Å²) >= 11 is 1.81. The second-order valence-electron chi connectivity index (χ2n) is 5.88. The molecule has 0 bridgehead atoms. The molecular formula is C15H21N3OS. The number of aliphatic hydroxyl groups excluding tert-OH is 1. The van der Waals surface area contributed by atoms with Gasteiger partial charge in [-0.1, -0.05) is 6.92 Å². The molecule has 20 heavy (non-hydrogen) atoms. The molecule has 2 unspecified atom stereocenters. The molecule has 1 aliphatic rings. The molecule has 108 valence electrons. The summed E-state index contributed by atoms with van der Waals surface area (Å²) in [6.07, 6.45) is 3.13. The van der Waals surface area contributed by atoms with Crippen LogP contribution in [0.1, 0.15) is 36.5 Å². The van der Waals surface area contributed by atoms with Crippen LogP contribution < -0.4 is 5.32 Å². The third-order valence-electron chi connectivity index (χ3n) is 3.83. The van der Waals surface area contributed by atoms with E-state index < -0.39 is 0 Å². The van der Waals surface area contributed by atoms with Gasteiger partial charge in [-0.05, 0) is 44.6 Å². The number of nitrogens with zero attached hydrogens (tertiary/aromatic N) is 2. The van der Waals surface area contributed by atoms with Crippen molar-refractivity contribution in [3.05, 3.63) is 16.3 Å². The first kappa shape index (κ1) is 13.8. The van der Waals surface area contributed by atoms with Gasteiger partial charge >= 0.3 is 0 Å². The fraction of sp³-hybridized carbons (Fsp3) is 0.600. The minimum absolute atomic E-state index is 0.380. The Morgan fingerprint density at radius 2 is 2.25 bits per heavy atom. The molecule has 5 heteroatoms. The zero-order valence-electron chi connectivity index (χ0n) is 12.2. The van der Waals surface area contributed by atoms with Crippen LogP contribution >= 0.6 is 11.3 Å². The van der Waals surface area contributed by atoms with Crippen LogP contribution in [-0.2, 0) is 12.8 Å². The van der Waals surface area contributed by atoms with Gasteiger partial charge in [-0.25, -0.2) is 9.97 Å². The lowest BCUT2D eigenvalue weighted by atomic mass is 9.89. The molecular weight excluding hydrogens is 270 g/mol. The average molecular weight is 291 g/mol. The van der Waals surface area contributed by atoms with Crippen LogP contribution in [0, 0.1) is 12.8 Å². The Morgan fingerprint density at radius 1 is 1.45 bits per heavy atom. The van der Waals surface area contributed by atoms with Crippen LogP contribution in [0.15, 0.2) is 0 Å². The van der Waals surface area contributed by atoms with Gasteiger partial charge in [0.05, 0.1) is 11.5 Å². The Labute approximate surface area is 123 Å². The average Bonchev–Trinajstić information content (AvgIpc) is 2.72. The van der Waals surface area contributed by atoms with Crippen LogP contribution in [0.25, 0.3) is 10.2 Å². The monoisotopic (exact) mass is 291 g/mol. The quantitative estimate of drug-likeness (QED) is 0.913. The third kappa shape index (κ3) is 2.52. The van der Waals surface area contributed by atoms with Crippen molar-refractivity contribution >= 4 is 27.4 Å². The number of aromatic nitrogens is 2. The van der Waals surface area contributed by atoms with E-state index in [1.807, 2.05) is 18.3 Å². The summed E-state index contributed by atoms with van der Waals surface area (Å²) < 4.78 is 0. The first-order valence-electron chi connectivity index (χ1n) is 7.25. The van der Waals surface area contributed by atoms with Gasteiger partial charge in [0.1, 0.15) is 16.5 Å². The Hall–Kier alpha value is -1.20. The van der Waals surface area contributed by atoms with E-state index in [9.17, 15) is 5.11 Å². The molecule has 0 radical (unpaired) electrons. The summed E-state index contributed by atoms with van der Waals surface area (Å²) in [4.78, 5) is 11.7. The molecule has 0 aliphatic heterocycles. The molecule has 2 atom stereocenters. The molecule has 3 rings (SSSR count). The maximum atomic E-state index is 9.48. The largest absolute Gasteiger partial charge is 0.392 e. The number of hydrogen-bond donors (Lipinski definition) is 2. The number of thiophene rings is 1. The van der Waals surface area contributed by atoms with Gasteiger partial charge in [-0.3, -0.25) is 0 Å². The Morgan fingerprint density at radius 3 is 3.00 bits per heavy atom. The number of fused-ring (bicyclic) bond motifs is 3. The van der Waals surface area contributed by atoms with E-state index in [4.69, 9.17) is 0 Å². The molecule has 0 fully saturated rings. The lowest BCUT2D eigenvalue weighted by Crippen LogP contribution is -2.17. The second kappa shape index (κ2) is 5.30. The van der Waals surface area contributed by atoms with Crippen LogP contribution in [0.3, 0.4) is 0 Å². The van der Waals surface area contributed by atoms with Crippen molar-refractivity contribution in [3.63, 3.8) is 0 Å². The minimum Gasteiger partial charge on any atom is -0.392 e. The number of aliphatic hydroxyl groups is 1. The van der Waals surface area contributed by atoms with Crippen molar-refractivity contribution in [1.29, 1.82) is 0 Å². The van der Waals surface area contributed by atoms with Gasteiger partial charge in [0.25, 0.3) is 0 Å². The van der Waals surface area contributed by atoms with E-state index in [1.165, 1.54) is 22.2 Å². The van der Waals surface area contributed by atoms with E-state index in [1.54, 1.807) is 6.92 Å². The molecule has 1 aliphatic carbocycles. The number of aryl methyl sites for hydroxylation is 2. The normalized spacial score (nSPS) is 19.9. The number of rotatable bonds is 3. The van der Waals surface area contributed by atoms with Gasteiger partial charge < -0.3 is 10.4 Å². The maximum Gasteiger partial charge on any atom is 0.138 e. The number of hydrogen-bond acceptors (Lipinski definition) is 5. The predicted molar refractivity (Wildman–Crippen MR) is 83.5 cm³/mol. The molecule has 0 aromatic carbocycles. The Kier molecular flexibility index (Phi) is 3.65. The summed E-state index contributed by atoms with van der Waals surface area (Å²) in [5.74, 6) is 2.44. The van der Waals surface area contributed by atoms with Crippen molar-refractivity contribution in [2.24, 2.45) is 5.92 Å². The highest BCUT2D eigenvalue weighted by Gasteiger charge is 2.23.